The first-order chi connectivity index (χ1) is 11.7. The molecule has 2 aromatic rings. The maximum absolute atomic E-state index is 13.7. The van der Waals surface area contributed by atoms with Crippen molar-refractivity contribution >= 4 is 17.5 Å². The number of anilines is 3. The topological polar surface area (TPSA) is 86.2 Å². The second-order valence-corrected chi connectivity index (χ2v) is 6.22. The molecule has 126 valence electrons. The summed E-state index contributed by atoms with van der Waals surface area (Å²) in [6, 6.07) is 4.22. The van der Waals surface area contributed by atoms with Crippen molar-refractivity contribution in [2.24, 2.45) is 0 Å². The van der Waals surface area contributed by atoms with Crippen LogP contribution in [-0.4, -0.2) is 45.2 Å². The molecule has 3 N–H and O–H groups in total. The van der Waals surface area contributed by atoms with Crippen LogP contribution in [0.2, 0.25) is 0 Å². The average Bonchev–Trinajstić information content (AvgIpc) is 2.93. The number of aliphatic hydroxyl groups is 1. The first-order valence-corrected chi connectivity index (χ1v) is 8.07. The van der Waals surface area contributed by atoms with E-state index in [9.17, 15) is 4.39 Å². The third kappa shape index (κ3) is 3.02. The number of nitrogens with zero attached hydrogens (tertiary/aromatic N) is 4. The van der Waals surface area contributed by atoms with Crippen LogP contribution in [0.4, 0.5) is 21.8 Å². The van der Waals surface area contributed by atoms with Crippen molar-refractivity contribution in [3.63, 3.8) is 0 Å². The molecule has 0 unspecified atom stereocenters. The molecule has 0 saturated carbocycles. The molecule has 2 atom stereocenters. The zero-order valence-electron chi connectivity index (χ0n) is 13.1. The van der Waals surface area contributed by atoms with Gasteiger partial charge in [0, 0.05) is 37.4 Å². The Balaban J connectivity index is 1.51. The Labute approximate surface area is 139 Å². The molecule has 2 fully saturated rings. The van der Waals surface area contributed by atoms with E-state index >= 15 is 0 Å². The Kier molecular flexibility index (Phi) is 3.99. The highest BCUT2D eigenvalue weighted by Crippen LogP contribution is 2.24. The van der Waals surface area contributed by atoms with E-state index in [1.165, 1.54) is 25.1 Å². The fourth-order valence-corrected chi connectivity index (χ4v) is 3.35. The molecule has 7 nitrogen and oxygen atoms in total. The van der Waals surface area contributed by atoms with Gasteiger partial charge in [-0.05, 0) is 18.9 Å². The maximum atomic E-state index is 13.7. The fraction of sp³-hybridized carbons (Fsp3) is 0.438. The van der Waals surface area contributed by atoms with Crippen LogP contribution in [0.1, 0.15) is 18.5 Å². The van der Waals surface area contributed by atoms with Crippen molar-refractivity contribution in [1.29, 1.82) is 0 Å². The van der Waals surface area contributed by atoms with E-state index in [1.54, 1.807) is 6.20 Å². The summed E-state index contributed by atoms with van der Waals surface area (Å²) in [6.07, 6.45) is 5.56. The van der Waals surface area contributed by atoms with Crippen molar-refractivity contribution < 1.29 is 9.50 Å². The van der Waals surface area contributed by atoms with Gasteiger partial charge in [0.05, 0.1) is 18.5 Å². The molecule has 2 aliphatic rings. The van der Waals surface area contributed by atoms with Crippen LogP contribution in [0.25, 0.3) is 0 Å². The number of nitrogens with one attached hydrogen (secondary N) is 2. The minimum absolute atomic E-state index is 0.0199. The van der Waals surface area contributed by atoms with Crippen LogP contribution in [-0.2, 0) is 6.61 Å². The Morgan fingerprint density at radius 1 is 1.29 bits per heavy atom. The summed E-state index contributed by atoms with van der Waals surface area (Å²) in [4.78, 5) is 14.9. The summed E-state index contributed by atoms with van der Waals surface area (Å²) >= 11 is 0. The molecule has 2 saturated heterocycles. The van der Waals surface area contributed by atoms with Crippen molar-refractivity contribution in [2.75, 3.05) is 23.3 Å². The Morgan fingerprint density at radius 3 is 2.79 bits per heavy atom. The molecular weight excluding hydrogens is 311 g/mol. The molecule has 0 amide bonds. The third-order valence-electron chi connectivity index (χ3n) is 4.50. The number of piperazine rings is 1. The standard InChI is InChI=1S/C16H19FN6O/c17-13-5-12(6-19-14(13)9-24)21-16-18-4-3-15(22-16)23-7-10-1-2-11(8-23)20-10/h3-6,10-11,20,24H,1-2,7-9H2,(H,18,21,22)/t10-,11+. The molecule has 24 heavy (non-hydrogen) atoms. The zero-order valence-corrected chi connectivity index (χ0v) is 13.1. The van der Waals surface area contributed by atoms with Crippen molar-refractivity contribution in [2.45, 2.75) is 31.5 Å². The van der Waals surface area contributed by atoms with Crippen molar-refractivity contribution in [1.82, 2.24) is 20.3 Å². The van der Waals surface area contributed by atoms with Crippen LogP contribution in [0.3, 0.4) is 0 Å². The molecule has 2 bridgehead atoms. The Morgan fingerprint density at radius 2 is 2.08 bits per heavy atom. The van der Waals surface area contributed by atoms with Gasteiger partial charge in [-0.15, -0.1) is 0 Å². The van der Waals surface area contributed by atoms with Crippen LogP contribution in [0, 0.1) is 5.82 Å². The van der Waals surface area contributed by atoms with Crippen molar-refractivity contribution in [3.05, 3.63) is 36.0 Å². The van der Waals surface area contributed by atoms with Gasteiger partial charge in [0.1, 0.15) is 17.3 Å². The Hall–Kier alpha value is -2.32. The number of pyridine rings is 1. The van der Waals surface area contributed by atoms with E-state index in [4.69, 9.17) is 5.11 Å². The minimum Gasteiger partial charge on any atom is -0.390 e. The fourth-order valence-electron chi connectivity index (χ4n) is 3.35. The SMILES string of the molecule is OCc1ncc(Nc2nccc(N3C[C@H]4CC[C@@H](C3)N4)n2)cc1F. The second-order valence-electron chi connectivity index (χ2n) is 6.22. The highest BCUT2D eigenvalue weighted by molar-refractivity contribution is 5.54. The predicted octanol–water partition coefficient (Wildman–Crippen LogP) is 1.19. The van der Waals surface area contributed by atoms with Gasteiger partial charge in [0.25, 0.3) is 0 Å². The summed E-state index contributed by atoms with van der Waals surface area (Å²) in [5.41, 5.74) is 0.466. The molecule has 4 rings (SSSR count). The van der Waals surface area contributed by atoms with Gasteiger partial charge in [-0.3, -0.25) is 4.98 Å². The van der Waals surface area contributed by atoms with Crippen LogP contribution in [0.15, 0.2) is 24.5 Å². The molecule has 2 aromatic heterocycles. The van der Waals surface area contributed by atoms with Gasteiger partial charge in [-0.2, -0.15) is 4.98 Å². The van der Waals surface area contributed by atoms with Crippen LogP contribution >= 0.6 is 0 Å². The molecule has 8 heteroatoms. The molecule has 0 aromatic carbocycles. The average molecular weight is 330 g/mol. The van der Waals surface area contributed by atoms with Gasteiger partial charge >= 0.3 is 0 Å². The van der Waals surface area contributed by atoms with E-state index in [0.29, 0.717) is 23.7 Å². The number of hydrogen-bond donors (Lipinski definition) is 3. The van der Waals surface area contributed by atoms with E-state index in [2.05, 4.69) is 30.5 Å². The van der Waals surface area contributed by atoms with E-state index in [-0.39, 0.29) is 5.69 Å². The molecule has 0 radical (unpaired) electrons. The molecule has 0 aliphatic carbocycles. The van der Waals surface area contributed by atoms with Gasteiger partial charge in [-0.1, -0.05) is 0 Å². The Bertz CT molecular complexity index is 730. The number of aliphatic hydroxyl groups excluding tert-OH is 1. The van der Waals surface area contributed by atoms with Crippen molar-refractivity contribution in [3.8, 4) is 0 Å². The monoisotopic (exact) mass is 330 g/mol. The quantitative estimate of drug-likeness (QED) is 0.776. The van der Waals surface area contributed by atoms with E-state index < -0.39 is 12.4 Å². The molecule has 0 spiro atoms. The van der Waals surface area contributed by atoms with Gasteiger partial charge in [0.15, 0.2) is 0 Å². The van der Waals surface area contributed by atoms with Gasteiger partial charge < -0.3 is 20.6 Å². The molecule has 2 aliphatic heterocycles. The predicted molar refractivity (Wildman–Crippen MR) is 87.6 cm³/mol. The number of halogens is 1. The lowest BCUT2D eigenvalue weighted by Gasteiger charge is -2.33. The zero-order chi connectivity index (χ0) is 16.5. The number of rotatable bonds is 4. The summed E-state index contributed by atoms with van der Waals surface area (Å²) in [6.45, 7) is 1.45. The van der Waals surface area contributed by atoms with E-state index in [1.807, 2.05) is 6.07 Å². The molecule has 4 heterocycles. The van der Waals surface area contributed by atoms with Gasteiger partial charge in [-0.25, -0.2) is 9.37 Å². The van der Waals surface area contributed by atoms with Crippen LogP contribution < -0.4 is 15.5 Å². The first-order valence-electron chi connectivity index (χ1n) is 8.07. The molecular formula is C16H19FN6O. The highest BCUT2D eigenvalue weighted by atomic mass is 19.1. The number of aromatic nitrogens is 3. The summed E-state index contributed by atoms with van der Waals surface area (Å²) in [5.74, 6) is 0.708. The lowest BCUT2D eigenvalue weighted by atomic mass is 10.2. The second kappa shape index (κ2) is 6.29. The number of hydrogen-bond acceptors (Lipinski definition) is 7. The van der Waals surface area contributed by atoms with E-state index in [0.717, 1.165) is 18.9 Å². The largest absolute Gasteiger partial charge is 0.390 e. The summed E-state index contributed by atoms with van der Waals surface area (Å²) in [5, 5.41) is 15.5. The maximum Gasteiger partial charge on any atom is 0.229 e. The normalized spacial score (nSPS) is 22.7. The number of fused-ring (bicyclic) bond motifs is 2. The third-order valence-corrected chi connectivity index (χ3v) is 4.50. The lowest BCUT2D eigenvalue weighted by molar-refractivity contribution is 0.270. The first kappa shape index (κ1) is 15.2. The lowest BCUT2D eigenvalue weighted by Crippen LogP contribution is -2.51. The minimum atomic E-state index is -0.558. The summed E-state index contributed by atoms with van der Waals surface area (Å²) < 4.78 is 13.7. The highest BCUT2D eigenvalue weighted by Gasteiger charge is 2.32. The van der Waals surface area contributed by atoms with Gasteiger partial charge in [0.2, 0.25) is 5.95 Å². The smallest absolute Gasteiger partial charge is 0.229 e. The summed E-state index contributed by atoms with van der Waals surface area (Å²) in [7, 11) is 0. The van der Waals surface area contributed by atoms with Crippen LogP contribution in [0.5, 0.6) is 0 Å².